The third-order valence-corrected chi connectivity index (χ3v) is 10.3. The molecule has 2 aromatic carbocycles. The second-order valence-corrected chi connectivity index (χ2v) is 13.6. The van der Waals surface area contributed by atoms with Crippen molar-refractivity contribution in [2.24, 2.45) is 10.8 Å². The Kier molecular flexibility index (Phi) is 8.31. The van der Waals surface area contributed by atoms with E-state index in [0.29, 0.717) is 31.6 Å². The highest BCUT2D eigenvalue weighted by Gasteiger charge is 2.52. The summed E-state index contributed by atoms with van der Waals surface area (Å²) in [7, 11) is 0. The summed E-state index contributed by atoms with van der Waals surface area (Å²) in [5.41, 5.74) is 5.23. The first-order valence-electron chi connectivity index (χ1n) is 16.2. The van der Waals surface area contributed by atoms with Crippen LogP contribution >= 0.6 is 0 Å². The minimum absolute atomic E-state index is 0.0457. The molecule has 6 rings (SSSR count). The molecule has 1 fully saturated rings. The summed E-state index contributed by atoms with van der Waals surface area (Å²) in [6, 6.07) is 16.2. The number of carbonyl (C=O) groups is 1. The summed E-state index contributed by atoms with van der Waals surface area (Å²) in [5, 5.41) is 25.3. The topological polar surface area (TPSA) is 119 Å². The number of carboxylic acid groups (broad SMARTS) is 1. The summed E-state index contributed by atoms with van der Waals surface area (Å²) in [6.45, 7) is 7.32. The maximum absolute atomic E-state index is 14.1. The van der Waals surface area contributed by atoms with Crippen LogP contribution in [0.15, 0.2) is 53.3 Å². The Morgan fingerprint density at radius 3 is 2.41 bits per heavy atom. The average molecular weight is 597 g/mol. The van der Waals surface area contributed by atoms with Gasteiger partial charge in [-0.2, -0.15) is 5.21 Å². The standard InChI is InChI=1S/C35H44N6O3/c1-4-5-6-12-29-28(23-24-14-16-25(17-15-24)26-10-7-8-11-27(26)31-36-38-39-37-31)32(42)40-22-9-13-30(41(29)40)35(33(43)44)20-18-34(2,3)19-21-35/h7-8,10-11,14-17,30H,4-6,9,12-13,18-23H2,1-3H3,(H,43,44)(H,36,37,38,39). The molecule has 44 heavy (non-hydrogen) atoms. The number of nitrogens with one attached hydrogen (secondary N) is 1. The Bertz CT molecular complexity index is 1660. The number of hydrogen-bond donors (Lipinski definition) is 2. The number of aliphatic carboxylic acids is 1. The molecular formula is C35H44N6O3. The van der Waals surface area contributed by atoms with E-state index in [-0.39, 0.29) is 17.0 Å². The van der Waals surface area contributed by atoms with Gasteiger partial charge in [-0.05, 0) is 78.7 Å². The molecule has 9 nitrogen and oxygen atoms in total. The molecule has 2 aromatic heterocycles. The fourth-order valence-electron chi connectivity index (χ4n) is 7.55. The van der Waals surface area contributed by atoms with Crippen LogP contribution < -0.4 is 5.56 Å². The van der Waals surface area contributed by atoms with Crippen molar-refractivity contribution in [3.8, 4) is 22.5 Å². The van der Waals surface area contributed by atoms with Crippen molar-refractivity contribution in [2.45, 2.75) is 104 Å². The fourth-order valence-corrected chi connectivity index (χ4v) is 7.55. The molecule has 3 heterocycles. The molecule has 232 valence electrons. The first-order chi connectivity index (χ1) is 21.2. The fraction of sp³-hybridized carbons (Fsp3) is 0.514. The van der Waals surface area contributed by atoms with Gasteiger partial charge in [0.25, 0.3) is 5.56 Å². The van der Waals surface area contributed by atoms with E-state index in [1.807, 2.05) is 28.9 Å². The lowest BCUT2D eigenvalue weighted by atomic mass is 9.61. The number of rotatable bonds is 10. The van der Waals surface area contributed by atoms with E-state index in [0.717, 1.165) is 84.9 Å². The first-order valence-corrected chi connectivity index (χ1v) is 16.2. The molecule has 0 spiro atoms. The molecule has 0 radical (unpaired) electrons. The van der Waals surface area contributed by atoms with Gasteiger partial charge in [-0.3, -0.25) is 14.3 Å². The minimum atomic E-state index is -0.840. The van der Waals surface area contributed by atoms with E-state index in [9.17, 15) is 14.7 Å². The van der Waals surface area contributed by atoms with Crippen LogP contribution in [0.3, 0.4) is 0 Å². The molecule has 2 N–H and O–H groups in total. The van der Waals surface area contributed by atoms with E-state index >= 15 is 0 Å². The third kappa shape index (κ3) is 5.53. The molecule has 0 bridgehead atoms. The molecule has 9 heteroatoms. The predicted octanol–water partition coefficient (Wildman–Crippen LogP) is 6.83. The first kappa shape index (κ1) is 30.0. The van der Waals surface area contributed by atoms with Crippen molar-refractivity contribution >= 4 is 5.97 Å². The normalized spacial score (nSPS) is 19.0. The van der Waals surface area contributed by atoms with Gasteiger partial charge in [-0.15, -0.1) is 10.2 Å². The van der Waals surface area contributed by atoms with Gasteiger partial charge in [0.15, 0.2) is 0 Å². The smallest absolute Gasteiger partial charge is 0.311 e. The highest BCUT2D eigenvalue weighted by molar-refractivity contribution is 5.80. The number of aromatic nitrogens is 6. The summed E-state index contributed by atoms with van der Waals surface area (Å²) < 4.78 is 4.07. The molecule has 1 saturated carbocycles. The monoisotopic (exact) mass is 596 g/mol. The molecule has 4 aromatic rings. The number of tetrazole rings is 1. The SMILES string of the molecule is CCCCCc1c(Cc2ccc(-c3ccccc3-c3nn[nH]n3)cc2)c(=O)n2n1C(C1(C(=O)O)CCC(C)(C)CC1)CCC2. The van der Waals surface area contributed by atoms with Gasteiger partial charge in [0.05, 0.1) is 11.5 Å². The lowest BCUT2D eigenvalue weighted by Crippen LogP contribution is -2.48. The minimum Gasteiger partial charge on any atom is -0.481 e. The van der Waals surface area contributed by atoms with Crippen molar-refractivity contribution in [3.05, 3.63) is 75.7 Å². The quantitative estimate of drug-likeness (QED) is 0.194. The van der Waals surface area contributed by atoms with Crippen molar-refractivity contribution in [1.29, 1.82) is 0 Å². The van der Waals surface area contributed by atoms with Crippen LogP contribution in [-0.4, -0.2) is 41.1 Å². The highest BCUT2D eigenvalue weighted by Crippen LogP contribution is 2.53. The highest BCUT2D eigenvalue weighted by atomic mass is 16.4. The number of fused-ring (bicyclic) bond motifs is 1. The van der Waals surface area contributed by atoms with Crippen molar-refractivity contribution in [2.75, 3.05) is 0 Å². The number of nitrogens with zero attached hydrogens (tertiary/aromatic N) is 5. The zero-order chi connectivity index (χ0) is 30.9. The van der Waals surface area contributed by atoms with Crippen molar-refractivity contribution in [1.82, 2.24) is 30.0 Å². The largest absolute Gasteiger partial charge is 0.481 e. The van der Waals surface area contributed by atoms with E-state index in [2.05, 4.69) is 70.3 Å². The Balaban J connectivity index is 1.37. The van der Waals surface area contributed by atoms with Gasteiger partial charge in [0.2, 0.25) is 5.82 Å². The summed E-state index contributed by atoms with van der Waals surface area (Å²) in [6.07, 6.45) is 9.19. The molecule has 1 unspecified atom stereocenters. The number of aromatic amines is 1. The Morgan fingerprint density at radius 1 is 1.02 bits per heavy atom. The molecule has 0 amide bonds. The third-order valence-electron chi connectivity index (χ3n) is 10.3. The zero-order valence-electron chi connectivity index (χ0n) is 26.2. The van der Waals surface area contributed by atoms with Gasteiger partial charge in [-0.1, -0.05) is 82.1 Å². The lowest BCUT2D eigenvalue weighted by molar-refractivity contribution is -0.158. The summed E-state index contributed by atoms with van der Waals surface area (Å²) >= 11 is 0. The number of benzene rings is 2. The summed E-state index contributed by atoms with van der Waals surface area (Å²) in [5.74, 6) is -0.158. The van der Waals surface area contributed by atoms with Crippen LogP contribution in [0.1, 0.15) is 101 Å². The predicted molar refractivity (Wildman–Crippen MR) is 170 cm³/mol. The van der Waals surface area contributed by atoms with E-state index in [1.54, 1.807) is 0 Å². The van der Waals surface area contributed by atoms with Crippen LogP contribution in [-0.2, 0) is 24.2 Å². The van der Waals surface area contributed by atoms with Gasteiger partial charge in [0, 0.05) is 29.8 Å². The number of hydrogen-bond acceptors (Lipinski definition) is 5. The van der Waals surface area contributed by atoms with Crippen LogP contribution in [0.4, 0.5) is 0 Å². The Labute approximate surface area is 258 Å². The van der Waals surface area contributed by atoms with E-state index in [1.165, 1.54) is 0 Å². The molecular weight excluding hydrogens is 552 g/mol. The van der Waals surface area contributed by atoms with Gasteiger partial charge >= 0.3 is 5.97 Å². The van der Waals surface area contributed by atoms with E-state index < -0.39 is 11.4 Å². The van der Waals surface area contributed by atoms with Crippen LogP contribution in [0.25, 0.3) is 22.5 Å². The van der Waals surface area contributed by atoms with Crippen LogP contribution in [0.5, 0.6) is 0 Å². The van der Waals surface area contributed by atoms with Crippen LogP contribution in [0.2, 0.25) is 0 Å². The Hall–Kier alpha value is -4.01. The second kappa shape index (κ2) is 12.2. The molecule has 1 aliphatic carbocycles. The molecule has 1 atom stereocenters. The lowest BCUT2D eigenvalue weighted by Gasteiger charge is -2.47. The molecule has 1 aliphatic heterocycles. The number of unbranched alkanes of at least 4 members (excludes halogenated alkanes) is 2. The van der Waals surface area contributed by atoms with Crippen LogP contribution in [0, 0.1) is 10.8 Å². The van der Waals surface area contributed by atoms with E-state index in [4.69, 9.17) is 0 Å². The maximum Gasteiger partial charge on any atom is 0.311 e. The maximum atomic E-state index is 14.1. The zero-order valence-corrected chi connectivity index (χ0v) is 26.2. The second-order valence-electron chi connectivity index (χ2n) is 13.6. The van der Waals surface area contributed by atoms with Crippen molar-refractivity contribution < 1.29 is 9.90 Å². The number of H-pyrrole nitrogens is 1. The van der Waals surface area contributed by atoms with Crippen molar-refractivity contribution in [3.63, 3.8) is 0 Å². The molecule has 2 aliphatic rings. The average Bonchev–Trinajstić information content (AvgIpc) is 3.65. The summed E-state index contributed by atoms with van der Waals surface area (Å²) in [4.78, 5) is 27.2. The van der Waals surface area contributed by atoms with Gasteiger partial charge < -0.3 is 5.11 Å². The van der Waals surface area contributed by atoms with Gasteiger partial charge in [0.1, 0.15) is 0 Å². The number of carboxylic acids is 1. The Morgan fingerprint density at radius 2 is 1.75 bits per heavy atom. The van der Waals surface area contributed by atoms with Gasteiger partial charge in [-0.25, -0.2) is 4.68 Å². The molecule has 0 saturated heterocycles.